The molecule has 1 N–H and O–H groups in total. The maximum absolute atomic E-state index is 3.69. The summed E-state index contributed by atoms with van der Waals surface area (Å²) < 4.78 is 0. The molecular formula is C13H27N. The zero-order valence-electron chi connectivity index (χ0n) is 11.0. The predicted octanol–water partition coefficient (Wildman–Crippen LogP) is 3.90. The van der Waals surface area contributed by atoms with Gasteiger partial charge in [0.25, 0.3) is 0 Å². The summed E-state index contributed by atoms with van der Waals surface area (Å²) in [5, 5.41) is 3.69. The number of rotatable bonds is 4. The Labute approximate surface area is 90.0 Å². The first-order valence-electron chi connectivity index (χ1n) is 5.64. The Morgan fingerprint density at radius 1 is 1.14 bits per heavy atom. The van der Waals surface area contributed by atoms with Gasteiger partial charge in [-0.2, -0.15) is 0 Å². The normalized spacial score (nSPS) is 16.2. The third-order valence-electron chi connectivity index (χ3n) is 2.04. The molecule has 0 aliphatic heterocycles. The van der Waals surface area contributed by atoms with Crippen LogP contribution in [0.4, 0.5) is 0 Å². The van der Waals surface area contributed by atoms with Gasteiger partial charge in [0, 0.05) is 11.1 Å². The van der Waals surface area contributed by atoms with Crippen molar-refractivity contribution in [1.82, 2.24) is 5.32 Å². The molecular weight excluding hydrogens is 170 g/mol. The first-order chi connectivity index (χ1) is 6.18. The fraction of sp³-hybridized carbons (Fsp3) is 0.846. The lowest BCUT2D eigenvalue weighted by Gasteiger charge is -2.36. The van der Waals surface area contributed by atoms with Crippen LogP contribution in [0.5, 0.6) is 0 Å². The lowest BCUT2D eigenvalue weighted by Crippen LogP contribution is -2.51. The van der Waals surface area contributed by atoms with E-state index in [1.165, 1.54) is 18.4 Å². The van der Waals surface area contributed by atoms with Gasteiger partial charge >= 0.3 is 0 Å². The minimum absolute atomic E-state index is 0.145. The molecule has 0 saturated heterocycles. The molecule has 14 heavy (non-hydrogen) atoms. The fourth-order valence-corrected chi connectivity index (χ4v) is 2.18. The summed E-state index contributed by atoms with van der Waals surface area (Å²) in [6, 6.07) is 0. The van der Waals surface area contributed by atoms with Crippen molar-refractivity contribution in [3.05, 3.63) is 11.6 Å². The summed E-state index contributed by atoms with van der Waals surface area (Å²) in [6.45, 7) is 15.5. The minimum Gasteiger partial charge on any atom is -0.303 e. The summed E-state index contributed by atoms with van der Waals surface area (Å²) in [7, 11) is 0. The molecule has 0 fully saturated rings. The van der Waals surface area contributed by atoms with Gasteiger partial charge in [-0.3, -0.25) is 0 Å². The SMILES string of the molecule is CCCC(C)(C=C(C)C)NC(C)(C)C. The predicted molar refractivity (Wildman–Crippen MR) is 65.6 cm³/mol. The molecule has 0 spiro atoms. The zero-order chi connectivity index (χ0) is 11.4. The molecule has 0 aliphatic rings. The number of nitrogens with one attached hydrogen (secondary N) is 1. The molecule has 1 unspecified atom stereocenters. The summed E-state index contributed by atoms with van der Waals surface area (Å²) in [5.41, 5.74) is 1.71. The Morgan fingerprint density at radius 2 is 1.64 bits per heavy atom. The summed E-state index contributed by atoms with van der Waals surface area (Å²) in [5.74, 6) is 0. The molecule has 0 rings (SSSR count). The Hall–Kier alpha value is -0.300. The highest BCUT2D eigenvalue weighted by Gasteiger charge is 2.25. The molecule has 0 radical (unpaired) electrons. The first kappa shape index (κ1) is 13.7. The quantitative estimate of drug-likeness (QED) is 0.674. The second kappa shape index (κ2) is 4.97. The van der Waals surface area contributed by atoms with Crippen LogP contribution in [0.1, 0.15) is 61.3 Å². The van der Waals surface area contributed by atoms with Crippen LogP contribution < -0.4 is 5.32 Å². The number of hydrogen-bond donors (Lipinski definition) is 1. The standard InChI is InChI=1S/C13H27N/c1-8-9-13(7,10-11(2)3)14-12(4,5)6/h10,14H,8-9H2,1-7H3. The molecule has 0 aromatic carbocycles. The molecule has 0 aliphatic carbocycles. The minimum atomic E-state index is 0.145. The molecule has 0 aromatic heterocycles. The van der Waals surface area contributed by atoms with Gasteiger partial charge < -0.3 is 5.32 Å². The molecule has 0 saturated carbocycles. The Kier molecular flexibility index (Phi) is 4.87. The largest absolute Gasteiger partial charge is 0.303 e. The average Bonchev–Trinajstić information content (AvgIpc) is 1.78. The first-order valence-corrected chi connectivity index (χ1v) is 5.64. The van der Waals surface area contributed by atoms with Crippen LogP contribution in [0, 0.1) is 0 Å². The topological polar surface area (TPSA) is 12.0 Å². The van der Waals surface area contributed by atoms with Gasteiger partial charge in [0.2, 0.25) is 0 Å². The molecule has 0 amide bonds. The molecule has 0 bridgehead atoms. The van der Waals surface area contributed by atoms with E-state index in [-0.39, 0.29) is 11.1 Å². The van der Waals surface area contributed by atoms with Crippen molar-refractivity contribution < 1.29 is 0 Å². The molecule has 0 heterocycles. The van der Waals surface area contributed by atoms with E-state index in [9.17, 15) is 0 Å². The highest BCUT2D eigenvalue weighted by atomic mass is 15.0. The van der Waals surface area contributed by atoms with Gasteiger partial charge in [-0.15, -0.1) is 0 Å². The van der Waals surface area contributed by atoms with Crippen LogP contribution >= 0.6 is 0 Å². The van der Waals surface area contributed by atoms with Gasteiger partial charge in [0.15, 0.2) is 0 Å². The van der Waals surface area contributed by atoms with Crippen molar-refractivity contribution in [3.8, 4) is 0 Å². The van der Waals surface area contributed by atoms with Crippen LogP contribution in [0.2, 0.25) is 0 Å². The molecule has 0 aromatic rings. The second-order valence-electron chi connectivity index (χ2n) is 5.76. The van der Waals surface area contributed by atoms with E-state index >= 15 is 0 Å². The van der Waals surface area contributed by atoms with Gasteiger partial charge in [-0.1, -0.05) is 25.0 Å². The summed E-state index contributed by atoms with van der Waals surface area (Å²) in [4.78, 5) is 0. The third-order valence-corrected chi connectivity index (χ3v) is 2.04. The van der Waals surface area contributed by atoms with Crippen molar-refractivity contribution in [1.29, 1.82) is 0 Å². The molecule has 1 nitrogen and oxygen atoms in total. The monoisotopic (exact) mass is 197 g/mol. The van der Waals surface area contributed by atoms with Crippen LogP contribution in [-0.2, 0) is 0 Å². The Morgan fingerprint density at radius 3 is 1.93 bits per heavy atom. The van der Waals surface area contributed by atoms with Gasteiger partial charge in [0.05, 0.1) is 0 Å². The van der Waals surface area contributed by atoms with Gasteiger partial charge in [-0.05, 0) is 48.0 Å². The van der Waals surface area contributed by atoms with Crippen LogP contribution in [0.25, 0.3) is 0 Å². The smallest absolute Gasteiger partial charge is 0.0342 e. The van der Waals surface area contributed by atoms with Crippen molar-refractivity contribution in [3.63, 3.8) is 0 Å². The van der Waals surface area contributed by atoms with Crippen molar-refractivity contribution in [2.24, 2.45) is 0 Å². The third kappa shape index (κ3) is 6.20. The molecule has 84 valence electrons. The second-order valence-corrected chi connectivity index (χ2v) is 5.76. The zero-order valence-corrected chi connectivity index (χ0v) is 11.0. The van der Waals surface area contributed by atoms with Gasteiger partial charge in [0.1, 0.15) is 0 Å². The number of allylic oxidation sites excluding steroid dienone is 1. The van der Waals surface area contributed by atoms with E-state index in [4.69, 9.17) is 0 Å². The van der Waals surface area contributed by atoms with Crippen molar-refractivity contribution in [2.45, 2.75) is 72.4 Å². The number of hydrogen-bond acceptors (Lipinski definition) is 1. The van der Waals surface area contributed by atoms with E-state index in [1.54, 1.807) is 0 Å². The maximum Gasteiger partial charge on any atom is 0.0342 e. The van der Waals surface area contributed by atoms with E-state index < -0.39 is 0 Å². The van der Waals surface area contributed by atoms with Crippen LogP contribution in [0.3, 0.4) is 0 Å². The van der Waals surface area contributed by atoms with E-state index in [0.29, 0.717) is 0 Å². The fourth-order valence-electron chi connectivity index (χ4n) is 2.18. The summed E-state index contributed by atoms with van der Waals surface area (Å²) in [6.07, 6.45) is 4.75. The van der Waals surface area contributed by atoms with E-state index in [0.717, 1.165) is 0 Å². The lowest BCUT2D eigenvalue weighted by molar-refractivity contribution is 0.294. The molecule has 1 heteroatoms. The Balaban J connectivity index is 4.64. The van der Waals surface area contributed by atoms with Crippen LogP contribution in [-0.4, -0.2) is 11.1 Å². The van der Waals surface area contributed by atoms with E-state index in [1.807, 2.05) is 0 Å². The van der Waals surface area contributed by atoms with E-state index in [2.05, 4.69) is 59.9 Å². The highest BCUT2D eigenvalue weighted by molar-refractivity contribution is 5.10. The lowest BCUT2D eigenvalue weighted by atomic mass is 9.90. The maximum atomic E-state index is 3.69. The van der Waals surface area contributed by atoms with Crippen LogP contribution in [0.15, 0.2) is 11.6 Å². The van der Waals surface area contributed by atoms with Gasteiger partial charge in [-0.25, -0.2) is 0 Å². The molecule has 1 atom stereocenters. The van der Waals surface area contributed by atoms with Crippen molar-refractivity contribution >= 4 is 0 Å². The highest BCUT2D eigenvalue weighted by Crippen LogP contribution is 2.20. The Bertz CT molecular complexity index is 194. The summed E-state index contributed by atoms with van der Waals surface area (Å²) >= 11 is 0. The average molecular weight is 197 g/mol. The van der Waals surface area contributed by atoms with Crippen molar-refractivity contribution in [2.75, 3.05) is 0 Å².